The van der Waals surface area contributed by atoms with Crippen LogP contribution in [-0.2, 0) is 6.54 Å². The predicted octanol–water partition coefficient (Wildman–Crippen LogP) is 1.40. The van der Waals surface area contributed by atoms with Gasteiger partial charge in [0.25, 0.3) is 0 Å². The average molecular weight is 250 g/mol. The first-order valence-corrected chi connectivity index (χ1v) is 6.46. The molecule has 1 saturated heterocycles. The van der Waals surface area contributed by atoms with Crippen LogP contribution in [0.3, 0.4) is 0 Å². The van der Waals surface area contributed by atoms with Crippen LogP contribution in [0, 0.1) is 5.92 Å². The summed E-state index contributed by atoms with van der Waals surface area (Å²) in [5.74, 6) is 2.47. The summed E-state index contributed by atoms with van der Waals surface area (Å²) in [4.78, 5) is 0. The van der Waals surface area contributed by atoms with E-state index < -0.39 is 0 Å². The third-order valence-electron chi connectivity index (χ3n) is 3.41. The highest BCUT2D eigenvalue weighted by atomic mass is 16.5. The molecule has 0 bridgehead atoms. The lowest BCUT2D eigenvalue weighted by Crippen LogP contribution is -2.24. The van der Waals surface area contributed by atoms with Gasteiger partial charge in [0.15, 0.2) is 0 Å². The molecule has 0 aromatic heterocycles. The Hall–Kier alpha value is -1.26. The third kappa shape index (κ3) is 3.37. The van der Waals surface area contributed by atoms with Gasteiger partial charge in [-0.25, -0.2) is 0 Å². The molecule has 1 unspecified atom stereocenters. The van der Waals surface area contributed by atoms with E-state index in [1.54, 1.807) is 14.2 Å². The number of methoxy groups -OCH3 is 2. The molecule has 4 heteroatoms. The van der Waals surface area contributed by atoms with Crippen molar-refractivity contribution in [1.29, 1.82) is 0 Å². The minimum Gasteiger partial charge on any atom is -0.497 e. The van der Waals surface area contributed by atoms with Crippen LogP contribution in [0.5, 0.6) is 11.5 Å². The van der Waals surface area contributed by atoms with Gasteiger partial charge >= 0.3 is 0 Å². The van der Waals surface area contributed by atoms with Crippen molar-refractivity contribution in [3.63, 3.8) is 0 Å². The van der Waals surface area contributed by atoms with Gasteiger partial charge in [-0.15, -0.1) is 0 Å². The highest BCUT2D eigenvalue weighted by molar-refractivity contribution is 5.40. The molecule has 1 atom stereocenters. The van der Waals surface area contributed by atoms with E-state index in [0.29, 0.717) is 0 Å². The number of rotatable bonds is 6. The SMILES string of the molecule is COc1ccc(CNCC2CCNC2)c(OC)c1. The van der Waals surface area contributed by atoms with Crippen molar-refractivity contribution in [3.05, 3.63) is 23.8 Å². The Kier molecular flexibility index (Phi) is 4.84. The first-order chi connectivity index (χ1) is 8.83. The molecule has 2 N–H and O–H groups in total. The lowest BCUT2D eigenvalue weighted by Gasteiger charge is -2.13. The standard InChI is InChI=1S/C14H22N2O2/c1-17-13-4-3-12(14(7-13)18-2)10-16-9-11-5-6-15-8-11/h3-4,7,11,15-16H,5-6,8-10H2,1-2H3. The Balaban J connectivity index is 1.87. The fourth-order valence-corrected chi connectivity index (χ4v) is 2.30. The second-order valence-electron chi connectivity index (χ2n) is 4.67. The van der Waals surface area contributed by atoms with Crippen LogP contribution in [0.1, 0.15) is 12.0 Å². The Morgan fingerprint density at radius 2 is 2.22 bits per heavy atom. The van der Waals surface area contributed by atoms with Crippen molar-refractivity contribution in [2.45, 2.75) is 13.0 Å². The largest absolute Gasteiger partial charge is 0.497 e. The van der Waals surface area contributed by atoms with Gasteiger partial charge in [0.2, 0.25) is 0 Å². The molecule has 1 aromatic carbocycles. The zero-order chi connectivity index (χ0) is 12.8. The third-order valence-corrected chi connectivity index (χ3v) is 3.41. The van der Waals surface area contributed by atoms with E-state index in [4.69, 9.17) is 9.47 Å². The summed E-state index contributed by atoms with van der Waals surface area (Å²) in [6.45, 7) is 4.18. The highest BCUT2D eigenvalue weighted by Crippen LogP contribution is 2.24. The van der Waals surface area contributed by atoms with Crippen LogP contribution < -0.4 is 20.1 Å². The van der Waals surface area contributed by atoms with Crippen molar-refractivity contribution in [1.82, 2.24) is 10.6 Å². The summed E-state index contributed by atoms with van der Waals surface area (Å²) in [6, 6.07) is 5.95. The molecule has 0 amide bonds. The number of hydrogen-bond acceptors (Lipinski definition) is 4. The second-order valence-corrected chi connectivity index (χ2v) is 4.67. The summed E-state index contributed by atoms with van der Waals surface area (Å²) in [5.41, 5.74) is 1.17. The molecule has 0 radical (unpaired) electrons. The zero-order valence-electron chi connectivity index (χ0n) is 11.2. The molecule has 0 aliphatic carbocycles. The normalized spacial score (nSPS) is 18.9. The van der Waals surface area contributed by atoms with Crippen molar-refractivity contribution < 1.29 is 9.47 Å². The molecule has 2 rings (SSSR count). The molecular weight excluding hydrogens is 228 g/mol. The molecule has 4 nitrogen and oxygen atoms in total. The van der Waals surface area contributed by atoms with E-state index >= 15 is 0 Å². The summed E-state index contributed by atoms with van der Waals surface area (Å²) < 4.78 is 10.6. The fraction of sp³-hybridized carbons (Fsp3) is 0.571. The van der Waals surface area contributed by atoms with Gasteiger partial charge in [-0.3, -0.25) is 0 Å². The predicted molar refractivity (Wildman–Crippen MR) is 72.2 cm³/mol. The molecule has 0 spiro atoms. The van der Waals surface area contributed by atoms with Gasteiger partial charge in [0.1, 0.15) is 11.5 Å². The molecule has 1 aliphatic heterocycles. The van der Waals surface area contributed by atoms with Gasteiger partial charge in [-0.2, -0.15) is 0 Å². The average Bonchev–Trinajstić information content (AvgIpc) is 2.92. The Morgan fingerprint density at radius 1 is 1.33 bits per heavy atom. The van der Waals surface area contributed by atoms with E-state index in [1.807, 2.05) is 12.1 Å². The maximum absolute atomic E-state index is 5.38. The molecule has 1 aromatic rings. The summed E-state index contributed by atoms with van der Waals surface area (Å²) in [5, 5.41) is 6.87. The van der Waals surface area contributed by atoms with Crippen molar-refractivity contribution in [2.75, 3.05) is 33.9 Å². The first-order valence-electron chi connectivity index (χ1n) is 6.46. The Bertz CT molecular complexity index is 376. The van der Waals surface area contributed by atoms with Crippen molar-refractivity contribution in [2.24, 2.45) is 5.92 Å². The van der Waals surface area contributed by atoms with Gasteiger partial charge in [-0.05, 0) is 38.0 Å². The maximum Gasteiger partial charge on any atom is 0.127 e. The minimum atomic E-state index is 0.759. The Morgan fingerprint density at radius 3 is 2.89 bits per heavy atom. The van der Waals surface area contributed by atoms with Crippen molar-refractivity contribution in [3.8, 4) is 11.5 Å². The van der Waals surface area contributed by atoms with Crippen LogP contribution >= 0.6 is 0 Å². The molecular formula is C14H22N2O2. The quantitative estimate of drug-likeness (QED) is 0.801. The minimum absolute atomic E-state index is 0.759. The van der Waals surface area contributed by atoms with Gasteiger partial charge in [0, 0.05) is 18.2 Å². The number of ether oxygens (including phenoxy) is 2. The highest BCUT2D eigenvalue weighted by Gasteiger charge is 2.13. The van der Waals surface area contributed by atoms with Crippen LogP contribution in [-0.4, -0.2) is 33.9 Å². The zero-order valence-corrected chi connectivity index (χ0v) is 11.2. The molecule has 18 heavy (non-hydrogen) atoms. The van der Waals surface area contributed by atoms with Gasteiger partial charge in [0.05, 0.1) is 14.2 Å². The van der Waals surface area contributed by atoms with E-state index in [1.165, 1.54) is 12.0 Å². The fourth-order valence-electron chi connectivity index (χ4n) is 2.30. The number of nitrogens with one attached hydrogen (secondary N) is 2. The monoisotopic (exact) mass is 250 g/mol. The van der Waals surface area contributed by atoms with E-state index in [9.17, 15) is 0 Å². The van der Waals surface area contributed by atoms with Crippen LogP contribution in [0.4, 0.5) is 0 Å². The molecule has 1 aliphatic rings. The topological polar surface area (TPSA) is 42.5 Å². The van der Waals surface area contributed by atoms with E-state index in [2.05, 4.69) is 16.7 Å². The van der Waals surface area contributed by atoms with Crippen LogP contribution in [0.2, 0.25) is 0 Å². The summed E-state index contributed by atoms with van der Waals surface area (Å²) in [6.07, 6.45) is 1.27. The summed E-state index contributed by atoms with van der Waals surface area (Å²) >= 11 is 0. The van der Waals surface area contributed by atoms with Crippen LogP contribution in [0.15, 0.2) is 18.2 Å². The summed E-state index contributed by atoms with van der Waals surface area (Å²) in [7, 11) is 3.36. The van der Waals surface area contributed by atoms with E-state index in [-0.39, 0.29) is 0 Å². The van der Waals surface area contributed by atoms with Crippen molar-refractivity contribution >= 4 is 0 Å². The smallest absolute Gasteiger partial charge is 0.127 e. The Labute approximate surface area is 109 Å². The van der Waals surface area contributed by atoms with Gasteiger partial charge in [-0.1, -0.05) is 6.07 Å². The molecule has 100 valence electrons. The molecule has 0 saturated carbocycles. The first kappa shape index (κ1) is 13.2. The van der Waals surface area contributed by atoms with Gasteiger partial charge < -0.3 is 20.1 Å². The second kappa shape index (κ2) is 6.61. The lowest BCUT2D eigenvalue weighted by molar-refractivity contribution is 0.389. The molecule has 1 heterocycles. The lowest BCUT2D eigenvalue weighted by atomic mass is 10.1. The van der Waals surface area contributed by atoms with E-state index in [0.717, 1.165) is 43.6 Å². The number of benzene rings is 1. The number of hydrogen-bond donors (Lipinski definition) is 2. The maximum atomic E-state index is 5.38. The molecule has 1 fully saturated rings. The van der Waals surface area contributed by atoms with Crippen LogP contribution in [0.25, 0.3) is 0 Å².